The highest BCUT2D eigenvalue weighted by atomic mass is 79.9. The Kier molecular flexibility index (Phi) is 5.83. The van der Waals surface area contributed by atoms with E-state index in [9.17, 15) is 4.79 Å². The molecule has 1 aliphatic rings. The first-order valence-electron chi connectivity index (χ1n) is 7.33. The van der Waals surface area contributed by atoms with Crippen molar-refractivity contribution < 1.29 is 19.0 Å². The second kappa shape index (κ2) is 7.44. The lowest BCUT2D eigenvalue weighted by Crippen LogP contribution is -2.34. The fourth-order valence-electron chi connectivity index (χ4n) is 2.55. The van der Waals surface area contributed by atoms with Crippen LogP contribution >= 0.6 is 15.9 Å². The summed E-state index contributed by atoms with van der Waals surface area (Å²) in [5.41, 5.74) is 0.561. The molecule has 1 atom stereocenters. The quantitative estimate of drug-likeness (QED) is 0.834. The number of hydrogen-bond donors (Lipinski definition) is 1. The Balaban J connectivity index is 1.89. The number of rotatable bonds is 6. The Morgan fingerprint density at radius 1 is 1.45 bits per heavy atom. The van der Waals surface area contributed by atoms with Gasteiger partial charge in [-0.25, -0.2) is 0 Å². The van der Waals surface area contributed by atoms with E-state index in [1.165, 1.54) is 0 Å². The zero-order valence-corrected chi connectivity index (χ0v) is 14.7. The molecule has 2 rings (SSSR count). The summed E-state index contributed by atoms with van der Waals surface area (Å²) in [7, 11) is 1.58. The van der Waals surface area contributed by atoms with Gasteiger partial charge in [0, 0.05) is 17.4 Å². The van der Waals surface area contributed by atoms with Gasteiger partial charge in [0.1, 0.15) is 5.75 Å². The van der Waals surface area contributed by atoms with Crippen molar-refractivity contribution in [3.05, 3.63) is 28.2 Å². The Morgan fingerprint density at radius 2 is 2.14 bits per heavy atom. The van der Waals surface area contributed by atoms with E-state index < -0.39 is 5.79 Å². The summed E-state index contributed by atoms with van der Waals surface area (Å²) in [6.45, 7) is 5.83. The molecule has 1 amide bonds. The summed E-state index contributed by atoms with van der Waals surface area (Å²) in [4.78, 5) is 12.3. The lowest BCUT2D eigenvalue weighted by Gasteiger charge is -2.26. The minimum atomic E-state index is -0.527. The molecule has 22 heavy (non-hydrogen) atoms. The van der Waals surface area contributed by atoms with Crippen molar-refractivity contribution in [1.29, 1.82) is 0 Å². The summed E-state index contributed by atoms with van der Waals surface area (Å²) < 4.78 is 17.1. The highest BCUT2D eigenvalue weighted by Gasteiger charge is 2.32. The van der Waals surface area contributed by atoms with E-state index in [1.54, 1.807) is 25.3 Å². The molecule has 122 valence electrons. The maximum Gasteiger partial charge on any atom is 0.252 e. The van der Waals surface area contributed by atoms with Crippen LogP contribution in [0.25, 0.3) is 0 Å². The Bertz CT molecular complexity index is 529. The van der Waals surface area contributed by atoms with E-state index in [0.717, 1.165) is 10.9 Å². The fraction of sp³-hybridized carbons (Fsp3) is 0.562. The van der Waals surface area contributed by atoms with Crippen molar-refractivity contribution in [2.75, 3.05) is 26.9 Å². The van der Waals surface area contributed by atoms with Crippen molar-refractivity contribution >= 4 is 21.8 Å². The number of carbonyl (C=O) groups excluding carboxylic acids is 1. The maximum atomic E-state index is 12.3. The minimum Gasteiger partial charge on any atom is -0.497 e. The summed E-state index contributed by atoms with van der Waals surface area (Å²) in [5, 5.41) is 2.95. The third-order valence-corrected chi connectivity index (χ3v) is 4.34. The molecule has 6 heteroatoms. The smallest absolute Gasteiger partial charge is 0.252 e. The van der Waals surface area contributed by atoms with E-state index in [2.05, 4.69) is 28.2 Å². The van der Waals surface area contributed by atoms with Gasteiger partial charge in [0.2, 0.25) is 0 Å². The van der Waals surface area contributed by atoms with Crippen LogP contribution in [0.4, 0.5) is 0 Å². The normalized spacial score (nSPS) is 18.0. The first-order valence-corrected chi connectivity index (χ1v) is 8.12. The Hall–Kier alpha value is -1.11. The van der Waals surface area contributed by atoms with Crippen molar-refractivity contribution in [2.45, 2.75) is 26.1 Å². The third kappa shape index (κ3) is 4.44. The van der Waals surface area contributed by atoms with Gasteiger partial charge >= 0.3 is 0 Å². The molecule has 1 heterocycles. The van der Waals surface area contributed by atoms with Gasteiger partial charge in [-0.1, -0.05) is 6.92 Å². The van der Waals surface area contributed by atoms with E-state index >= 15 is 0 Å². The van der Waals surface area contributed by atoms with Crippen molar-refractivity contribution in [3.8, 4) is 5.75 Å². The van der Waals surface area contributed by atoms with Gasteiger partial charge in [-0.2, -0.15) is 0 Å². The number of hydrogen-bond acceptors (Lipinski definition) is 4. The summed E-state index contributed by atoms with van der Waals surface area (Å²) in [6, 6.07) is 5.33. The topological polar surface area (TPSA) is 56.8 Å². The standard InChI is InChI=1S/C16H22BrNO4/c1-11(9-16(2)21-6-7-22-16)10-18-15(19)13-8-12(20-3)4-5-14(13)17/h4-5,8,11H,6-7,9-10H2,1-3H3,(H,18,19). The van der Waals surface area contributed by atoms with Gasteiger partial charge in [0.05, 0.1) is 25.9 Å². The maximum absolute atomic E-state index is 12.3. The van der Waals surface area contributed by atoms with Crippen LogP contribution in [-0.2, 0) is 9.47 Å². The molecule has 1 aromatic rings. The number of carbonyl (C=O) groups is 1. The van der Waals surface area contributed by atoms with Gasteiger partial charge in [-0.05, 0) is 47.0 Å². The molecule has 0 radical (unpaired) electrons. The van der Waals surface area contributed by atoms with Crippen LogP contribution in [0.2, 0.25) is 0 Å². The molecular formula is C16H22BrNO4. The lowest BCUT2D eigenvalue weighted by molar-refractivity contribution is -0.153. The molecule has 0 bridgehead atoms. The van der Waals surface area contributed by atoms with Crippen molar-refractivity contribution in [2.24, 2.45) is 5.92 Å². The third-order valence-electron chi connectivity index (χ3n) is 3.65. The number of methoxy groups -OCH3 is 1. The second-order valence-corrected chi connectivity index (χ2v) is 6.55. The summed E-state index contributed by atoms with van der Waals surface area (Å²) >= 11 is 3.39. The Labute approximate surface area is 139 Å². The second-order valence-electron chi connectivity index (χ2n) is 5.70. The van der Waals surface area contributed by atoms with E-state index in [-0.39, 0.29) is 11.8 Å². The molecule has 0 aromatic heterocycles. The molecule has 1 unspecified atom stereocenters. The first-order chi connectivity index (χ1) is 10.4. The molecule has 1 aromatic carbocycles. The first kappa shape index (κ1) is 17.2. The molecule has 1 N–H and O–H groups in total. The number of halogens is 1. The fourth-order valence-corrected chi connectivity index (χ4v) is 2.97. The predicted octanol–water partition coefficient (Wildman–Crippen LogP) is 2.98. The van der Waals surface area contributed by atoms with Crippen LogP contribution in [0.5, 0.6) is 5.75 Å². The van der Waals surface area contributed by atoms with E-state index in [4.69, 9.17) is 14.2 Å². The van der Waals surface area contributed by atoms with Gasteiger partial charge in [0.25, 0.3) is 5.91 Å². The monoisotopic (exact) mass is 371 g/mol. The molecule has 1 saturated heterocycles. The SMILES string of the molecule is COc1ccc(Br)c(C(=O)NCC(C)CC2(C)OCCO2)c1. The zero-order chi connectivity index (χ0) is 16.2. The van der Waals surface area contributed by atoms with E-state index in [0.29, 0.717) is 31.1 Å². The molecule has 0 aliphatic carbocycles. The van der Waals surface area contributed by atoms with Crippen LogP contribution in [-0.4, -0.2) is 38.6 Å². The van der Waals surface area contributed by atoms with Gasteiger partial charge in [-0.3, -0.25) is 4.79 Å². The molecule has 1 aliphatic heterocycles. The van der Waals surface area contributed by atoms with Crippen LogP contribution in [0.1, 0.15) is 30.6 Å². The number of amides is 1. The minimum absolute atomic E-state index is 0.129. The van der Waals surface area contributed by atoms with Crippen LogP contribution in [0, 0.1) is 5.92 Å². The highest BCUT2D eigenvalue weighted by molar-refractivity contribution is 9.10. The number of ether oxygens (including phenoxy) is 3. The molecule has 0 saturated carbocycles. The summed E-state index contributed by atoms with van der Waals surface area (Å²) in [6.07, 6.45) is 0.743. The number of nitrogens with one attached hydrogen (secondary N) is 1. The number of benzene rings is 1. The Morgan fingerprint density at radius 3 is 2.77 bits per heavy atom. The van der Waals surface area contributed by atoms with Crippen molar-refractivity contribution in [1.82, 2.24) is 5.32 Å². The average Bonchev–Trinajstić information content (AvgIpc) is 2.91. The van der Waals surface area contributed by atoms with Gasteiger partial charge in [0.15, 0.2) is 5.79 Å². The van der Waals surface area contributed by atoms with Crippen LogP contribution in [0.15, 0.2) is 22.7 Å². The van der Waals surface area contributed by atoms with E-state index in [1.807, 2.05) is 6.92 Å². The summed E-state index contributed by atoms with van der Waals surface area (Å²) in [5.74, 6) is 0.245. The largest absolute Gasteiger partial charge is 0.497 e. The highest BCUT2D eigenvalue weighted by Crippen LogP contribution is 2.26. The van der Waals surface area contributed by atoms with Crippen molar-refractivity contribution in [3.63, 3.8) is 0 Å². The molecular weight excluding hydrogens is 350 g/mol. The average molecular weight is 372 g/mol. The molecule has 5 nitrogen and oxygen atoms in total. The van der Waals surface area contributed by atoms with Crippen LogP contribution < -0.4 is 10.1 Å². The van der Waals surface area contributed by atoms with Crippen LogP contribution in [0.3, 0.4) is 0 Å². The molecule has 0 spiro atoms. The van der Waals surface area contributed by atoms with Gasteiger partial charge < -0.3 is 19.5 Å². The predicted molar refractivity (Wildman–Crippen MR) is 87.1 cm³/mol. The zero-order valence-electron chi connectivity index (χ0n) is 13.1. The van der Waals surface area contributed by atoms with Gasteiger partial charge in [-0.15, -0.1) is 0 Å². The molecule has 1 fully saturated rings. The lowest BCUT2D eigenvalue weighted by atomic mass is 10.0.